The van der Waals surface area contributed by atoms with Crippen LogP contribution in [0.2, 0.25) is 0 Å². The first-order valence-corrected chi connectivity index (χ1v) is 8.45. The Bertz CT molecular complexity index is 886. The topological polar surface area (TPSA) is 73.6 Å². The molecule has 7 nitrogen and oxygen atoms in total. The lowest BCUT2D eigenvalue weighted by Crippen LogP contribution is -2.29. The van der Waals surface area contributed by atoms with E-state index in [0.29, 0.717) is 5.92 Å². The summed E-state index contributed by atoms with van der Waals surface area (Å²) in [5, 5.41) is 16.9. The van der Waals surface area contributed by atoms with Gasteiger partial charge in [-0.2, -0.15) is 9.61 Å². The van der Waals surface area contributed by atoms with Gasteiger partial charge in [-0.15, -0.1) is 10.2 Å². The van der Waals surface area contributed by atoms with E-state index in [1.165, 1.54) is 0 Å². The molecule has 1 atom stereocenters. The molecule has 3 aromatic rings. The molecule has 0 bridgehead atoms. The van der Waals surface area contributed by atoms with Gasteiger partial charge in [0.1, 0.15) is 11.5 Å². The van der Waals surface area contributed by atoms with E-state index >= 15 is 0 Å². The number of rotatable bonds is 4. The average molecular weight is 339 g/mol. The Morgan fingerprint density at radius 1 is 1.12 bits per heavy atom. The van der Waals surface area contributed by atoms with Crippen LogP contribution in [-0.4, -0.2) is 47.1 Å². The maximum absolute atomic E-state index is 5.49. The number of piperidine rings is 1. The minimum atomic E-state index is 0.332. The lowest BCUT2D eigenvalue weighted by atomic mass is 9.99. The molecule has 0 unspecified atom stereocenters. The molecule has 130 valence electrons. The Morgan fingerprint density at radius 2 is 2.04 bits per heavy atom. The van der Waals surface area contributed by atoms with Crippen LogP contribution in [-0.2, 0) is 0 Å². The summed E-state index contributed by atoms with van der Waals surface area (Å²) in [5.74, 6) is 2.75. The standard InChI is InChI=1S/C18H21N5O2/c1-24-13-5-7-16(25-2)14(10-13)15-6-8-17-20-21-18(23(17)22-15)12-4-3-9-19-11-12/h5-8,10,12,19H,3-4,9,11H2,1-2H3/t12-/m0/s1. The van der Waals surface area contributed by atoms with E-state index in [1.54, 1.807) is 14.2 Å². The normalized spacial score (nSPS) is 17.6. The van der Waals surface area contributed by atoms with Crippen molar-refractivity contribution in [2.75, 3.05) is 27.3 Å². The van der Waals surface area contributed by atoms with E-state index in [2.05, 4.69) is 15.5 Å². The van der Waals surface area contributed by atoms with Crippen molar-refractivity contribution in [3.05, 3.63) is 36.2 Å². The third-order valence-corrected chi connectivity index (χ3v) is 4.63. The first-order chi connectivity index (χ1) is 12.3. The van der Waals surface area contributed by atoms with Crippen molar-refractivity contribution in [1.29, 1.82) is 0 Å². The molecular weight excluding hydrogens is 318 g/mol. The fourth-order valence-electron chi connectivity index (χ4n) is 3.29. The van der Waals surface area contributed by atoms with Crippen LogP contribution < -0.4 is 14.8 Å². The molecule has 0 spiro atoms. The number of ether oxygens (including phenoxy) is 2. The molecule has 1 aliphatic rings. The fraction of sp³-hybridized carbons (Fsp3) is 0.389. The van der Waals surface area contributed by atoms with Crippen molar-refractivity contribution in [2.24, 2.45) is 0 Å². The molecule has 1 N–H and O–H groups in total. The molecule has 4 rings (SSSR count). The number of aromatic nitrogens is 4. The Balaban J connectivity index is 1.81. The van der Waals surface area contributed by atoms with Gasteiger partial charge >= 0.3 is 0 Å². The first-order valence-electron chi connectivity index (χ1n) is 8.45. The second-order valence-corrected chi connectivity index (χ2v) is 6.16. The van der Waals surface area contributed by atoms with Crippen LogP contribution in [0.15, 0.2) is 30.3 Å². The first kappa shape index (κ1) is 15.8. The zero-order valence-electron chi connectivity index (χ0n) is 14.4. The van der Waals surface area contributed by atoms with E-state index in [1.807, 2.05) is 34.8 Å². The quantitative estimate of drug-likeness (QED) is 0.786. The van der Waals surface area contributed by atoms with Gasteiger partial charge in [-0.3, -0.25) is 0 Å². The van der Waals surface area contributed by atoms with Crippen LogP contribution in [0.1, 0.15) is 24.6 Å². The van der Waals surface area contributed by atoms with Crippen molar-refractivity contribution in [3.63, 3.8) is 0 Å². The zero-order valence-corrected chi connectivity index (χ0v) is 14.4. The highest BCUT2D eigenvalue weighted by molar-refractivity contribution is 5.69. The number of hydrogen-bond acceptors (Lipinski definition) is 6. The third kappa shape index (κ3) is 2.91. The predicted octanol–water partition coefficient (Wildman–Crippen LogP) is 2.28. The van der Waals surface area contributed by atoms with Gasteiger partial charge in [0.05, 0.1) is 19.9 Å². The number of fused-ring (bicyclic) bond motifs is 1. The number of nitrogens with one attached hydrogen (secondary N) is 1. The van der Waals surface area contributed by atoms with Crippen LogP contribution in [0.4, 0.5) is 0 Å². The summed E-state index contributed by atoms with van der Waals surface area (Å²) in [4.78, 5) is 0. The number of methoxy groups -OCH3 is 2. The van der Waals surface area contributed by atoms with Crippen molar-refractivity contribution >= 4 is 5.65 Å². The van der Waals surface area contributed by atoms with E-state index in [0.717, 1.165) is 60.2 Å². The number of nitrogens with zero attached hydrogens (tertiary/aromatic N) is 4. The summed E-state index contributed by atoms with van der Waals surface area (Å²) in [6, 6.07) is 9.56. The molecule has 3 heterocycles. The van der Waals surface area contributed by atoms with E-state index in [4.69, 9.17) is 14.6 Å². The highest BCUT2D eigenvalue weighted by atomic mass is 16.5. The minimum Gasteiger partial charge on any atom is -0.497 e. The van der Waals surface area contributed by atoms with Crippen LogP contribution in [0.25, 0.3) is 16.9 Å². The third-order valence-electron chi connectivity index (χ3n) is 4.63. The Morgan fingerprint density at radius 3 is 2.80 bits per heavy atom. The van der Waals surface area contributed by atoms with E-state index in [9.17, 15) is 0 Å². The SMILES string of the molecule is COc1ccc(OC)c(-c2ccc3nnc([C@H]4CCCNC4)n3n2)c1. The molecule has 1 aliphatic heterocycles. The molecule has 1 fully saturated rings. The molecule has 1 aromatic carbocycles. The highest BCUT2D eigenvalue weighted by Gasteiger charge is 2.22. The molecule has 7 heteroatoms. The highest BCUT2D eigenvalue weighted by Crippen LogP contribution is 2.32. The summed E-state index contributed by atoms with van der Waals surface area (Å²) in [7, 11) is 3.30. The van der Waals surface area contributed by atoms with Crippen LogP contribution in [0, 0.1) is 0 Å². The van der Waals surface area contributed by atoms with Crippen molar-refractivity contribution < 1.29 is 9.47 Å². The van der Waals surface area contributed by atoms with Gasteiger partial charge in [0.15, 0.2) is 11.5 Å². The molecule has 0 saturated carbocycles. The summed E-state index contributed by atoms with van der Waals surface area (Å²) in [6.07, 6.45) is 2.24. The molecule has 25 heavy (non-hydrogen) atoms. The summed E-state index contributed by atoms with van der Waals surface area (Å²) >= 11 is 0. The molecule has 0 aliphatic carbocycles. The lowest BCUT2D eigenvalue weighted by molar-refractivity contribution is 0.404. The summed E-state index contributed by atoms with van der Waals surface area (Å²) < 4.78 is 12.7. The van der Waals surface area contributed by atoms with Gasteiger partial charge in [0, 0.05) is 18.0 Å². The van der Waals surface area contributed by atoms with Gasteiger partial charge in [0.2, 0.25) is 0 Å². The van der Waals surface area contributed by atoms with Gasteiger partial charge in [-0.1, -0.05) is 0 Å². The Labute approximate surface area is 146 Å². The molecule has 1 saturated heterocycles. The van der Waals surface area contributed by atoms with Gasteiger partial charge < -0.3 is 14.8 Å². The number of benzene rings is 1. The molecule has 0 amide bonds. The average Bonchev–Trinajstić information content (AvgIpc) is 3.11. The maximum atomic E-state index is 5.49. The smallest absolute Gasteiger partial charge is 0.177 e. The van der Waals surface area contributed by atoms with Crippen LogP contribution in [0.5, 0.6) is 11.5 Å². The largest absolute Gasteiger partial charge is 0.497 e. The minimum absolute atomic E-state index is 0.332. The number of hydrogen-bond donors (Lipinski definition) is 1. The monoisotopic (exact) mass is 339 g/mol. The summed E-state index contributed by atoms with van der Waals surface area (Å²) in [5.41, 5.74) is 2.43. The molecule has 0 radical (unpaired) electrons. The van der Waals surface area contributed by atoms with Crippen LogP contribution in [0.3, 0.4) is 0 Å². The van der Waals surface area contributed by atoms with Crippen molar-refractivity contribution in [1.82, 2.24) is 25.1 Å². The second kappa shape index (κ2) is 6.68. The Hall–Kier alpha value is -2.67. The van der Waals surface area contributed by atoms with Gasteiger partial charge in [-0.25, -0.2) is 0 Å². The van der Waals surface area contributed by atoms with Gasteiger partial charge in [0.25, 0.3) is 0 Å². The predicted molar refractivity (Wildman–Crippen MR) is 94.2 cm³/mol. The Kier molecular flexibility index (Phi) is 4.23. The molecule has 2 aromatic heterocycles. The van der Waals surface area contributed by atoms with Crippen LogP contribution >= 0.6 is 0 Å². The fourth-order valence-corrected chi connectivity index (χ4v) is 3.29. The second-order valence-electron chi connectivity index (χ2n) is 6.16. The van der Waals surface area contributed by atoms with Gasteiger partial charge in [-0.05, 0) is 49.7 Å². The lowest BCUT2D eigenvalue weighted by Gasteiger charge is -2.20. The van der Waals surface area contributed by atoms with Crippen molar-refractivity contribution in [2.45, 2.75) is 18.8 Å². The maximum Gasteiger partial charge on any atom is 0.177 e. The van der Waals surface area contributed by atoms with Crippen molar-refractivity contribution in [3.8, 4) is 22.8 Å². The molecular formula is C18H21N5O2. The van der Waals surface area contributed by atoms with E-state index < -0.39 is 0 Å². The van der Waals surface area contributed by atoms with E-state index in [-0.39, 0.29) is 0 Å². The zero-order chi connectivity index (χ0) is 17.2. The summed E-state index contributed by atoms with van der Waals surface area (Å²) in [6.45, 7) is 1.97.